The topological polar surface area (TPSA) is 156 Å². The van der Waals surface area contributed by atoms with E-state index >= 15 is 0 Å². The summed E-state index contributed by atoms with van der Waals surface area (Å²) < 4.78 is 0. The summed E-state index contributed by atoms with van der Waals surface area (Å²) in [6.45, 7) is 3.41. The monoisotopic (exact) mass is 572 g/mol. The lowest BCUT2D eigenvalue weighted by Gasteiger charge is -2.26. The van der Waals surface area contributed by atoms with Crippen LogP contribution in [0.5, 0.6) is 34.5 Å². The lowest BCUT2D eigenvalue weighted by atomic mass is 9.77. The van der Waals surface area contributed by atoms with Gasteiger partial charge in [0.15, 0.2) is 10.9 Å². The summed E-state index contributed by atoms with van der Waals surface area (Å²) in [7, 11) is 0. The second-order valence-electron chi connectivity index (χ2n) is 10.4. The zero-order valence-electron chi connectivity index (χ0n) is 20.4. The third kappa shape index (κ3) is 2.15. The van der Waals surface area contributed by atoms with Gasteiger partial charge in [-0.15, -0.1) is 0 Å². The molecule has 0 aliphatic carbocycles. The van der Waals surface area contributed by atoms with Crippen LogP contribution in [0, 0.1) is 13.8 Å². The highest BCUT2D eigenvalue weighted by Gasteiger charge is 2.35. The highest BCUT2D eigenvalue weighted by atomic mass is 35.5. The number of hydrogen-bond acceptors (Lipinski definition) is 8. The first-order chi connectivity index (χ1) is 18.9. The zero-order valence-corrected chi connectivity index (χ0v) is 21.9. The second-order valence-corrected chi connectivity index (χ2v) is 11.1. The highest BCUT2D eigenvalue weighted by Crippen LogP contribution is 2.62. The van der Waals surface area contributed by atoms with E-state index in [2.05, 4.69) is 0 Å². The lowest BCUT2D eigenvalue weighted by Crippen LogP contribution is -2.08. The van der Waals surface area contributed by atoms with Crippen LogP contribution < -0.4 is 10.9 Å². The molecule has 0 radical (unpaired) electrons. The lowest BCUT2D eigenvalue weighted by molar-refractivity contribution is 0.450. The van der Waals surface area contributed by atoms with Crippen LogP contribution in [-0.2, 0) is 0 Å². The van der Waals surface area contributed by atoms with Gasteiger partial charge in [-0.25, -0.2) is 0 Å². The van der Waals surface area contributed by atoms with E-state index in [-0.39, 0.29) is 53.9 Å². The molecule has 40 heavy (non-hydrogen) atoms. The Morgan fingerprint density at radius 2 is 0.675 bits per heavy atom. The van der Waals surface area contributed by atoms with Crippen LogP contribution in [0.15, 0.2) is 21.7 Å². The van der Waals surface area contributed by atoms with Crippen LogP contribution in [0.3, 0.4) is 0 Å². The van der Waals surface area contributed by atoms with Gasteiger partial charge in [-0.2, -0.15) is 0 Å². The van der Waals surface area contributed by atoms with Crippen LogP contribution in [0.25, 0.3) is 75.4 Å². The predicted octanol–water partition coefficient (Wildman–Crippen LogP) is 6.39. The fourth-order valence-corrected chi connectivity index (χ4v) is 7.40. The summed E-state index contributed by atoms with van der Waals surface area (Å²) in [5.74, 6) is -3.90. The molecule has 0 atom stereocenters. The van der Waals surface area contributed by atoms with Crippen LogP contribution in [0.1, 0.15) is 11.1 Å². The van der Waals surface area contributed by atoms with E-state index < -0.39 is 55.4 Å². The summed E-state index contributed by atoms with van der Waals surface area (Å²) in [6, 6.07) is 2.67. The summed E-state index contributed by atoms with van der Waals surface area (Å²) in [5, 5.41) is 67.9. The Balaban J connectivity index is 2.05. The number of aryl methyl sites for hydroxylation is 2. The molecule has 0 aromatic heterocycles. The molecule has 0 aliphatic rings. The van der Waals surface area contributed by atoms with Crippen molar-refractivity contribution < 1.29 is 30.6 Å². The number of hydrogen-bond donors (Lipinski definition) is 6. The van der Waals surface area contributed by atoms with Crippen LogP contribution in [0.4, 0.5) is 0 Å². The van der Waals surface area contributed by atoms with E-state index in [1.54, 1.807) is 13.8 Å². The Morgan fingerprint density at radius 3 is 1.02 bits per heavy atom. The van der Waals surface area contributed by atoms with Crippen molar-refractivity contribution in [3.63, 3.8) is 0 Å². The minimum Gasteiger partial charge on any atom is -0.506 e. The van der Waals surface area contributed by atoms with Crippen LogP contribution in [-0.4, -0.2) is 30.6 Å². The molecule has 6 N–H and O–H groups in total. The number of halogens is 2. The van der Waals surface area contributed by atoms with Crippen molar-refractivity contribution in [1.29, 1.82) is 0 Å². The van der Waals surface area contributed by atoms with Crippen molar-refractivity contribution in [1.82, 2.24) is 0 Å². The molecule has 196 valence electrons. The Kier molecular flexibility index (Phi) is 3.91. The van der Waals surface area contributed by atoms with Gasteiger partial charge in [-0.3, -0.25) is 9.59 Å². The number of phenolic OH excluding ortho intramolecular Hbond substituents is 6. The molecule has 8 aromatic rings. The van der Waals surface area contributed by atoms with Crippen LogP contribution in [0.2, 0.25) is 10.0 Å². The largest absolute Gasteiger partial charge is 0.506 e. The summed E-state index contributed by atoms with van der Waals surface area (Å²) in [6.07, 6.45) is 0. The van der Waals surface area contributed by atoms with Gasteiger partial charge < -0.3 is 30.6 Å². The zero-order chi connectivity index (χ0) is 28.4. The van der Waals surface area contributed by atoms with E-state index in [4.69, 9.17) is 23.2 Å². The van der Waals surface area contributed by atoms with Crippen molar-refractivity contribution in [2.45, 2.75) is 13.8 Å². The number of aromatic hydroxyl groups is 6. The predicted molar refractivity (Wildman–Crippen MR) is 156 cm³/mol. The maximum atomic E-state index is 13.4. The molecule has 0 aliphatic heterocycles. The number of phenols is 6. The minimum atomic E-state index is -0.700. The molecule has 8 nitrogen and oxygen atoms in total. The fourth-order valence-electron chi connectivity index (χ4n) is 7.02. The number of fused-ring (bicyclic) bond motifs is 2. The molecule has 8 aromatic carbocycles. The molecular weight excluding hydrogens is 559 g/mol. The van der Waals surface area contributed by atoms with E-state index in [9.17, 15) is 40.2 Å². The average Bonchev–Trinajstić information content (AvgIpc) is 2.89. The van der Waals surface area contributed by atoms with Gasteiger partial charge in [0.1, 0.15) is 44.5 Å². The van der Waals surface area contributed by atoms with Gasteiger partial charge in [0.05, 0.1) is 21.5 Å². The molecule has 0 heterocycles. The van der Waals surface area contributed by atoms with E-state index in [1.165, 1.54) is 12.1 Å². The highest BCUT2D eigenvalue weighted by molar-refractivity contribution is 6.54. The van der Waals surface area contributed by atoms with Gasteiger partial charge in [0, 0.05) is 43.1 Å². The Hall–Kier alpha value is -4.66. The SMILES string of the molecule is Cc1cc(=O)c2c(O)c3c(O)c(Cl)c(O)c4c5c(O)c(Cl)c(O)c6c(O)c7c(=O)cc(C)c8c1c2c(c34)c(c65)c78. The first-order valence-corrected chi connectivity index (χ1v) is 12.8. The average molecular weight is 573 g/mol. The Labute approximate surface area is 231 Å². The minimum absolute atomic E-state index is 0.0492. The Morgan fingerprint density at radius 1 is 0.400 bits per heavy atom. The van der Waals surface area contributed by atoms with Crippen molar-refractivity contribution in [2.24, 2.45) is 0 Å². The number of rotatable bonds is 0. The normalized spacial score (nSPS) is 12.8. The molecular formula is C30H14Cl2O8. The molecule has 0 amide bonds. The first kappa shape index (κ1) is 23.2. The third-order valence-electron chi connectivity index (χ3n) is 8.45. The fraction of sp³-hybridized carbons (Fsp3) is 0.0667. The molecule has 0 fully saturated rings. The van der Waals surface area contributed by atoms with Crippen molar-refractivity contribution >= 4 is 98.6 Å². The van der Waals surface area contributed by atoms with E-state index in [0.29, 0.717) is 32.7 Å². The molecule has 0 unspecified atom stereocenters. The molecule has 0 spiro atoms. The maximum Gasteiger partial charge on any atom is 0.190 e. The van der Waals surface area contributed by atoms with Crippen LogP contribution >= 0.6 is 23.2 Å². The summed E-state index contributed by atoms with van der Waals surface area (Å²) in [4.78, 5) is 26.9. The second kappa shape index (κ2) is 6.72. The van der Waals surface area contributed by atoms with Gasteiger partial charge in [0.2, 0.25) is 0 Å². The smallest absolute Gasteiger partial charge is 0.190 e. The third-order valence-corrected chi connectivity index (χ3v) is 9.17. The molecule has 0 saturated heterocycles. The standard InChI is InChI=1S/C30H14Cl2O8/c1-5-3-7(33)11-13-9(5)10-6(2)4-8(34)12-14(10)16-15(13)17-19(27(37)23(31)29(39)21(17)25(11)35)20-18(16)22(26(12)36)30(40)24(32)28(20)38/h3-4,35-40H,1-2H3. The maximum absolute atomic E-state index is 13.4. The van der Waals surface area contributed by atoms with Crippen molar-refractivity contribution in [3.8, 4) is 34.5 Å². The molecule has 0 bridgehead atoms. The summed E-state index contributed by atoms with van der Waals surface area (Å²) >= 11 is 12.6. The quantitative estimate of drug-likeness (QED) is 0.0901. The number of benzene rings is 8. The van der Waals surface area contributed by atoms with E-state index in [0.717, 1.165) is 0 Å². The molecule has 0 saturated carbocycles. The van der Waals surface area contributed by atoms with Crippen molar-refractivity contribution in [3.05, 3.63) is 53.8 Å². The van der Waals surface area contributed by atoms with E-state index in [1.807, 2.05) is 0 Å². The molecule has 8 rings (SSSR count). The van der Waals surface area contributed by atoms with Crippen molar-refractivity contribution in [2.75, 3.05) is 0 Å². The molecule has 10 heteroatoms. The van der Waals surface area contributed by atoms with Gasteiger partial charge in [0.25, 0.3) is 0 Å². The first-order valence-electron chi connectivity index (χ1n) is 12.0. The van der Waals surface area contributed by atoms with Gasteiger partial charge in [-0.05, 0) is 47.9 Å². The van der Waals surface area contributed by atoms with Gasteiger partial charge >= 0.3 is 0 Å². The summed E-state index contributed by atoms with van der Waals surface area (Å²) in [5.41, 5.74) is -0.0374. The van der Waals surface area contributed by atoms with Gasteiger partial charge in [-0.1, -0.05) is 23.2 Å². The Bertz CT molecular complexity index is 2450.